The van der Waals surface area contributed by atoms with Crippen molar-refractivity contribution in [2.24, 2.45) is 11.7 Å². The molecule has 3 rings (SSSR count). The Labute approximate surface area is 159 Å². The number of halogens is 1. The van der Waals surface area contributed by atoms with Crippen molar-refractivity contribution in [2.45, 2.75) is 44.7 Å². The lowest BCUT2D eigenvalue weighted by Gasteiger charge is -2.37. The summed E-state index contributed by atoms with van der Waals surface area (Å²) < 4.78 is 6.80. The molecule has 1 aromatic heterocycles. The number of aromatic nitrogens is 2. The van der Waals surface area contributed by atoms with E-state index in [1.807, 2.05) is 6.92 Å². The monoisotopic (exact) mass is 385 g/mol. The van der Waals surface area contributed by atoms with Crippen molar-refractivity contribution in [3.63, 3.8) is 0 Å². The van der Waals surface area contributed by atoms with Gasteiger partial charge >= 0.3 is 0 Å². The Morgan fingerprint density at radius 1 is 1.38 bits per heavy atom. The fourth-order valence-electron chi connectivity index (χ4n) is 3.57. The van der Waals surface area contributed by atoms with Crippen LogP contribution in [0.3, 0.4) is 0 Å². The van der Waals surface area contributed by atoms with Gasteiger partial charge in [0.1, 0.15) is 6.54 Å². The summed E-state index contributed by atoms with van der Waals surface area (Å²) in [4.78, 5) is 26.5. The summed E-state index contributed by atoms with van der Waals surface area (Å²) in [6.07, 6.45) is 5.45. The maximum absolute atomic E-state index is 12.5. The molecule has 8 nitrogen and oxygen atoms in total. The van der Waals surface area contributed by atoms with Gasteiger partial charge in [-0.3, -0.25) is 14.3 Å². The summed E-state index contributed by atoms with van der Waals surface area (Å²) in [5, 5.41) is 7.14. The first-order valence-electron chi connectivity index (χ1n) is 8.94. The zero-order valence-electron chi connectivity index (χ0n) is 15.1. The lowest BCUT2D eigenvalue weighted by atomic mass is 9.74. The lowest BCUT2D eigenvalue weighted by Crippen LogP contribution is -2.51. The third-order valence-electron chi connectivity index (χ3n) is 5.12. The predicted molar refractivity (Wildman–Crippen MR) is 100 cm³/mol. The molecule has 3 N–H and O–H groups in total. The summed E-state index contributed by atoms with van der Waals surface area (Å²) >= 11 is 0. The zero-order valence-corrected chi connectivity index (χ0v) is 16.0. The van der Waals surface area contributed by atoms with E-state index in [-0.39, 0.29) is 36.7 Å². The molecule has 9 heteroatoms. The Hall–Kier alpha value is -1.64. The van der Waals surface area contributed by atoms with Crippen molar-refractivity contribution < 1.29 is 14.3 Å². The fourth-order valence-corrected chi connectivity index (χ4v) is 3.57. The third-order valence-corrected chi connectivity index (χ3v) is 5.12. The van der Waals surface area contributed by atoms with Crippen LogP contribution in [-0.2, 0) is 20.9 Å². The summed E-state index contributed by atoms with van der Waals surface area (Å²) in [6.45, 7) is 4.47. The minimum Gasteiger partial charge on any atom is -0.378 e. The summed E-state index contributed by atoms with van der Waals surface area (Å²) in [5.74, 6) is 0.170. The predicted octanol–water partition coefficient (Wildman–Crippen LogP) is 1.01. The number of anilines is 1. The van der Waals surface area contributed by atoms with E-state index in [9.17, 15) is 9.59 Å². The number of morpholine rings is 1. The van der Waals surface area contributed by atoms with Gasteiger partial charge in [0.2, 0.25) is 11.8 Å². The van der Waals surface area contributed by atoms with Crippen LogP contribution in [-0.4, -0.2) is 58.3 Å². The van der Waals surface area contributed by atoms with E-state index < -0.39 is 5.54 Å². The van der Waals surface area contributed by atoms with Gasteiger partial charge in [0, 0.05) is 30.9 Å². The third kappa shape index (κ3) is 4.96. The summed E-state index contributed by atoms with van der Waals surface area (Å²) in [7, 11) is 0. The summed E-state index contributed by atoms with van der Waals surface area (Å²) in [5.41, 5.74) is 5.81. The van der Waals surface area contributed by atoms with Crippen LogP contribution in [0, 0.1) is 5.92 Å². The van der Waals surface area contributed by atoms with E-state index in [2.05, 4.69) is 10.4 Å². The number of nitrogens with two attached hydrogens (primary N) is 1. The second kappa shape index (κ2) is 8.83. The Morgan fingerprint density at radius 2 is 2.12 bits per heavy atom. The number of carbonyl (C=O) groups excluding carboxylic acids is 2. The smallest absolute Gasteiger partial charge is 0.244 e. The number of amides is 2. The van der Waals surface area contributed by atoms with Gasteiger partial charge in [-0.1, -0.05) is 12.8 Å². The van der Waals surface area contributed by atoms with Crippen molar-refractivity contribution in [3.8, 4) is 0 Å². The first-order chi connectivity index (χ1) is 12.0. The molecule has 1 saturated carbocycles. The molecule has 2 fully saturated rings. The molecule has 1 aliphatic heterocycles. The molecule has 0 radical (unpaired) electrons. The standard InChI is InChI=1S/C17H27N5O3.ClH/c1-17(18)6-3-2-4-13(17)16(24)19-14-5-7-22(20-14)12-15(23)21-8-10-25-11-9-21;/h5,7,13H,2-4,6,8-12,18H2,1H3,(H,19,20,24);1H. The highest BCUT2D eigenvalue weighted by Gasteiger charge is 2.37. The Bertz CT molecular complexity index is 628. The number of nitrogens with zero attached hydrogens (tertiary/aromatic N) is 3. The van der Waals surface area contributed by atoms with Gasteiger partial charge in [-0.15, -0.1) is 12.4 Å². The number of ether oxygens (including phenoxy) is 1. The van der Waals surface area contributed by atoms with E-state index in [1.165, 1.54) is 0 Å². The molecular weight excluding hydrogens is 358 g/mol. The molecule has 0 spiro atoms. The van der Waals surface area contributed by atoms with E-state index in [0.717, 1.165) is 25.7 Å². The van der Waals surface area contributed by atoms with E-state index in [0.29, 0.717) is 32.1 Å². The van der Waals surface area contributed by atoms with Crippen LogP contribution >= 0.6 is 12.4 Å². The average molecular weight is 386 g/mol. The first kappa shape index (κ1) is 20.7. The van der Waals surface area contributed by atoms with Crippen LogP contribution in [0.25, 0.3) is 0 Å². The van der Waals surface area contributed by atoms with Crippen molar-refractivity contribution in [1.29, 1.82) is 0 Å². The van der Waals surface area contributed by atoms with Crippen molar-refractivity contribution >= 4 is 30.0 Å². The lowest BCUT2D eigenvalue weighted by molar-refractivity contribution is -0.136. The molecule has 146 valence electrons. The van der Waals surface area contributed by atoms with Crippen molar-refractivity contribution in [1.82, 2.24) is 14.7 Å². The van der Waals surface area contributed by atoms with Gasteiger partial charge in [-0.05, 0) is 19.8 Å². The second-order valence-electron chi connectivity index (χ2n) is 7.19. The van der Waals surface area contributed by atoms with Crippen LogP contribution in [0.15, 0.2) is 12.3 Å². The highest BCUT2D eigenvalue weighted by molar-refractivity contribution is 5.92. The Morgan fingerprint density at radius 3 is 2.81 bits per heavy atom. The second-order valence-corrected chi connectivity index (χ2v) is 7.19. The first-order valence-corrected chi connectivity index (χ1v) is 8.94. The molecule has 2 unspecified atom stereocenters. The molecular formula is C17H28ClN5O3. The van der Waals surface area contributed by atoms with Crippen molar-refractivity contribution in [2.75, 3.05) is 31.6 Å². The highest BCUT2D eigenvalue weighted by atomic mass is 35.5. The topological polar surface area (TPSA) is 102 Å². The molecule has 26 heavy (non-hydrogen) atoms. The quantitative estimate of drug-likeness (QED) is 0.805. The molecule has 2 amide bonds. The van der Waals surface area contributed by atoms with Gasteiger partial charge < -0.3 is 20.7 Å². The average Bonchev–Trinajstić information content (AvgIpc) is 3.02. The van der Waals surface area contributed by atoms with E-state index >= 15 is 0 Å². The molecule has 2 heterocycles. The zero-order chi connectivity index (χ0) is 17.9. The van der Waals surface area contributed by atoms with Crippen LogP contribution in [0.5, 0.6) is 0 Å². The van der Waals surface area contributed by atoms with Gasteiger partial charge in [-0.25, -0.2) is 0 Å². The van der Waals surface area contributed by atoms with Gasteiger partial charge in [-0.2, -0.15) is 5.10 Å². The molecule has 0 bridgehead atoms. The molecule has 0 aromatic carbocycles. The molecule has 1 saturated heterocycles. The van der Waals surface area contributed by atoms with Crippen molar-refractivity contribution in [3.05, 3.63) is 12.3 Å². The number of hydrogen-bond donors (Lipinski definition) is 2. The van der Waals surface area contributed by atoms with Crippen LogP contribution in [0.2, 0.25) is 0 Å². The van der Waals surface area contributed by atoms with Gasteiger partial charge in [0.05, 0.1) is 19.1 Å². The molecule has 1 aliphatic carbocycles. The Kier molecular flexibility index (Phi) is 7.02. The largest absolute Gasteiger partial charge is 0.378 e. The minimum atomic E-state index is -0.475. The molecule has 2 aliphatic rings. The highest BCUT2D eigenvalue weighted by Crippen LogP contribution is 2.32. The number of hydrogen-bond acceptors (Lipinski definition) is 5. The molecule has 1 aromatic rings. The number of nitrogens with one attached hydrogen (secondary N) is 1. The maximum Gasteiger partial charge on any atom is 0.244 e. The Balaban J connectivity index is 0.00000243. The van der Waals surface area contributed by atoms with Gasteiger partial charge in [0.25, 0.3) is 0 Å². The van der Waals surface area contributed by atoms with Crippen LogP contribution in [0.4, 0.5) is 5.82 Å². The van der Waals surface area contributed by atoms with Crippen LogP contribution < -0.4 is 11.1 Å². The number of rotatable bonds is 4. The van der Waals surface area contributed by atoms with Gasteiger partial charge in [0.15, 0.2) is 5.82 Å². The van der Waals surface area contributed by atoms with E-state index in [1.54, 1.807) is 21.8 Å². The van der Waals surface area contributed by atoms with E-state index in [4.69, 9.17) is 10.5 Å². The minimum absolute atomic E-state index is 0. The molecule has 2 atom stereocenters. The maximum atomic E-state index is 12.5. The normalized spacial score (nSPS) is 26.1. The summed E-state index contributed by atoms with van der Waals surface area (Å²) in [6, 6.07) is 1.71. The SMILES string of the molecule is CC1(N)CCCCC1C(=O)Nc1ccn(CC(=O)N2CCOCC2)n1.Cl. The van der Waals surface area contributed by atoms with Crippen LogP contribution in [0.1, 0.15) is 32.6 Å². The number of carbonyl (C=O) groups is 2. The fraction of sp³-hybridized carbons (Fsp3) is 0.706.